The second-order valence-electron chi connectivity index (χ2n) is 12.8. The van der Waals surface area contributed by atoms with Crippen LogP contribution in [0.5, 0.6) is 0 Å². The minimum atomic E-state index is -1.48. The van der Waals surface area contributed by atoms with Gasteiger partial charge in [-0.1, -0.05) is 84.9 Å². The zero-order chi connectivity index (χ0) is 32.3. The number of ketones is 1. The van der Waals surface area contributed by atoms with E-state index in [1.165, 1.54) is 4.90 Å². The number of aliphatic hydroxyl groups excluding tert-OH is 2. The maximum Gasteiger partial charge on any atom is 0.407 e. The number of carboxylic acid groups (broad SMARTS) is 1. The minimum absolute atomic E-state index is 0.00545. The quantitative estimate of drug-likeness (QED) is 0.190. The predicted octanol–water partition coefficient (Wildman–Crippen LogP) is 2.85. The fourth-order valence-electron chi connectivity index (χ4n) is 7.92. The summed E-state index contributed by atoms with van der Waals surface area (Å²) in [7, 11) is 0. The molecule has 8 atom stereocenters. The number of Topliss-reactive ketones (excluding diaryl/α,β-unsaturated/α-hetero) is 1. The van der Waals surface area contributed by atoms with Crippen molar-refractivity contribution in [3.8, 4) is 0 Å². The van der Waals surface area contributed by atoms with Gasteiger partial charge in [-0.25, -0.2) is 4.79 Å². The molecule has 10 heteroatoms. The standard InChI is InChI=1S/C36H43N3O7/c37-34(42)46-31-18-25-13-7-8-14-27(25)32(31)28-21-38-36(33(28)41,19-24-11-5-2-6-12-24)20-30(40)29(17-23-9-3-1-4-10-23)39(35(43)44)26-15-16-45-22-26/h1-14,26,28-32,34,38,40,42H,15-22,37H2,(H,43,44)/t26-,28?,29+,30-,31?,32-,34-,36?/m0/s1. The summed E-state index contributed by atoms with van der Waals surface area (Å²) in [5.41, 5.74) is 8.33. The number of benzene rings is 3. The molecule has 2 heterocycles. The highest BCUT2D eigenvalue weighted by Gasteiger charge is 2.55. The van der Waals surface area contributed by atoms with E-state index in [0.717, 1.165) is 22.3 Å². The van der Waals surface area contributed by atoms with Crippen molar-refractivity contribution in [2.45, 2.75) is 74.3 Å². The van der Waals surface area contributed by atoms with Gasteiger partial charge in [0.2, 0.25) is 6.41 Å². The van der Waals surface area contributed by atoms with Crippen LogP contribution >= 0.6 is 0 Å². The average Bonchev–Trinajstić information content (AvgIpc) is 3.76. The zero-order valence-corrected chi connectivity index (χ0v) is 25.8. The van der Waals surface area contributed by atoms with Crippen molar-refractivity contribution < 1.29 is 34.4 Å². The Morgan fingerprint density at radius 3 is 2.35 bits per heavy atom. The van der Waals surface area contributed by atoms with Gasteiger partial charge in [0.15, 0.2) is 5.78 Å². The van der Waals surface area contributed by atoms with Gasteiger partial charge in [-0.3, -0.25) is 15.4 Å². The molecule has 6 rings (SSSR count). The van der Waals surface area contributed by atoms with Gasteiger partial charge in [-0.05, 0) is 47.9 Å². The summed E-state index contributed by atoms with van der Waals surface area (Å²) < 4.78 is 11.3. The number of nitrogens with one attached hydrogen (secondary N) is 1. The van der Waals surface area contributed by atoms with E-state index < -0.39 is 48.3 Å². The second-order valence-corrected chi connectivity index (χ2v) is 12.8. The summed E-state index contributed by atoms with van der Waals surface area (Å²) in [5, 5.41) is 36.1. The number of fused-ring (bicyclic) bond motifs is 1. The van der Waals surface area contributed by atoms with Gasteiger partial charge in [0.25, 0.3) is 0 Å². The molecule has 0 bridgehead atoms. The molecule has 1 amide bonds. The predicted molar refractivity (Wildman–Crippen MR) is 171 cm³/mol. The van der Waals surface area contributed by atoms with Crippen molar-refractivity contribution in [3.05, 3.63) is 107 Å². The number of hydrogen-bond acceptors (Lipinski definition) is 8. The number of carbonyl (C=O) groups is 2. The lowest BCUT2D eigenvalue weighted by atomic mass is 9.74. The number of aliphatic hydroxyl groups is 2. The zero-order valence-electron chi connectivity index (χ0n) is 25.8. The smallest absolute Gasteiger partial charge is 0.407 e. The molecule has 10 nitrogen and oxygen atoms in total. The summed E-state index contributed by atoms with van der Waals surface area (Å²) in [6.45, 7) is 1.04. The summed E-state index contributed by atoms with van der Waals surface area (Å²) in [6, 6.07) is 25.8. The van der Waals surface area contributed by atoms with E-state index in [-0.39, 0.29) is 31.1 Å². The molecular formula is C36H43N3O7. The summed E-state index contributed by atoms with van der Waals surface area (Å²) in [4.78, 5) is 29.0. The van der Waals surface area contributed by atoms with Crippen LogP contribution in [0.1, 0.15) is 41.0 Å². The van der Waals surface area contributed by atoms with Crippen LogP contribution in [0.2, 0.25) is 0 Å². The highest BCUT2D eigenvalue weighted by Crippen LogP contribution is 2.45. The molecule has 1 aliphatic carbocycles. The molecular weight excluding hydrogens is 586 g/mol. The van der Waals surface area contributed by atoms with E-state index in [1.807, 2.05) is 84.9 Å². The van der Waals surface area contributed by atoms with Gasteiger partial charge in [0.1, 0.15) is 0 Å². The van der Waals surface area contributed by atoms with Gasteiger partial charge >= 0.3 is 6.09 Å². The largest absolute Gasteiger partial charge is 0.465 e. The summed E-state index contributed by atoms with van der Waals surface area (Å²) in [6.07, 6.45) is -2.63. The van der Waals surface area contributed by atoms with E-state index in [1.54, 1.807) is 0 Å². The third kappa shape index (κ3) is 6.73. The topological polar surface area (TPSA) is 155 Å². The van der Waals surface area contributed by atoms with Crippen molar-refractivity contribution in [2.75, 3.05) is 19.8 Å². The Morgan fingerprint density at radius 1 is 1.02 bits per heavy atom. The molecule has 46 heavy (non-hydrogen) atoms. The second kappa shape index (κ2) is 14.0. The maximum atomic E-state index is 14.9. The SMILES string of the molecule is N[C@@H](O)OC1Cc2ccccc2[C@H]1C1CNC(Cc2ccccc2)(C[C@H](O)[C@@H](Cc2ccccc2)N(C(=O)O)[C@H]2CCOC2)C1=O. The first-order valence-electron chi connectivity index (χ1n) is 16.1. The van der Waals surface area contributed by atoms with Crippen LogP contribution in [0.25, 0.3) is 0 Å². The lowest BCUT2D eigenvalue weighted by molar-refractivity contribution is -0.144. The molecule has 2 saturated heterocycles. The van der Waals surface area contributed by atoms with Crippen LogP contribution in [-0.2, 0) is 33.5 Å². The number of ether oxygens (including phenoxy) is 2. The Balaban J connectivity index is 1.35. The molecule has 6 N–H and O–H groups in total. The van der Waals surface area contributed by atoms with Gasteiger partial charge in [-0.2, -0.15) is 0 Å². The van der Waals surface area contributed by atoms with Crippen molar-refractivity contribution >= 4 is 11.9 Å². The normalized spacial score (nSPS) is 27.7. The minimum Gasteiger partial charge on any atom is -0.465 e. The molecule has 0 radical (unpaired) electrons. The number of rotatable bonds is 12. The highest BCUT2D eigenvalue weighted by atomic mass is 16.6. The van der Waals surface area contributed by atoms with Crippen molar-refractivity contribution in [1.82, 2.24) is 10.2 Å². The van der Waals surface area contributed by atoms with Gasteiger partial charge in [-0.15, -0.1) is 0 Å². The van der Waals surface area contributed by atoms with E-state index in [2.05, 4.69) is 5.32 Å². The fourth-order valence-corrected chi connectivity index (χ4v) is 7.92. The van der Waals surface area contributed by atoms with Crippen LogP contribution in [0.4, 0.5) is 4.79 Å². The molecule has 0 spiro atoms. The van der Waals surface area contributed by atoms with Crippen molar-refractivity contribution in [1.29, 1.82) is 0 Å². The molecule has 3 aromatic rings. The van der Waals surface area contributed by atoms with Crippen LogP contribution in [-0.4, -0.2) is 88.1 Å². The van der Waals surface area contributed by atoms with E-state index in [4.69, 9.17) is 15.2 Å². The van der Waals surface area contributed by atoms with Gasteiger partial charge in [0.05, 0.1) is 36.4 Å². The Bertz CT molecular complexity index is 1480. The average molecular weight is 630 g/mol. The molecule has 3 aromatic carbocycles. The van der Waals surface area contributed by atoms with Gasteiger partial charge in [0, 0.05) is 31.4 Å². The molecule has 0 saturated carbocycles. The first kappa shape index (κ1) is 32.3. The Labute approximate surface area is 269 Å². The maximum absolute atomic E-state index is 14.9. The third-order valence-corrected chi connectivity index (χ3v) is 9.97. The molecule has 0 aromatic heterocycles. The summed E-state index contributed by atoms with van der Waals surface area (Å²) in [5.74, 6) is -0.938. The molecule has 244 valence electrons. The number of carbonyl (C=O) groups excluding carboxylic acids is 1. The van der Waals surface area contributed by atoms with Crippen LogP contribution in [0.3, 0.4) is 0 Å². The molecule has 2 aliphatic heterocycles. The van der Waals surface area contributed by atoms with Crippen molar-refractivity contribution in [3.63, 3.8) is 0 Å². The fraction of sp³-hybridized carbons (Fsp3) is 0.444. The molecule has 3 aliphatic rings. The Kier molecular flexibility index (Phi) is 9.84. The van der Waals surface area contributed by atoms with Crippen LogP contribution in [0, 0.1) is 5.92 Å². The highest BCUT2D eigenvalue weighted by molar-refractivity contribution is 5.94. The van der Waals surface area contributed by atoms with Crippen LogP contribution in [0.15, 0.2) is 84.9 Å². The molecule has 3 unspecified atom stereocenters. The van der Waals surface area contributed by atoms with Gasteiger partial charge < -0.3 is 30.1 Å². The first-order chi connectivity index (χ1) is 22.3. The van der Waals surface area contributed by atoms with Crippen molar-refractivity contribution in [2.24, 2.45) is 11.7 Å². The van der Waals surface area contributed by atoms with E-state index in [0.29, 0.717) is 32.4 Å². The molecule has 2 fully saturated rings. The summed E-state index contributed by atoms with van der Waals surface area (Å²) >= 11 is 0. The third-order valence-electron chi connectivity index (χ3n) is 9.97. The number of nitrogens with two attached hydrogens (primary N) is 1. The number of nitrogens with zero attached hydrogens (tertiary/aromatic N) is 1. The Morgan fingerprint density at radius 2 is 1.70 bits per heavy atom. The van der Waals surface area contributed by atoms with E-state index >= 15 is 0 Å². The monoisotopic (exact) mass is 629 g/mol. The lowest BCUT2D eigenvalue weighted by Gasteiger charge is -2.40. The first-order valence-corrected chi connectivity index (χ1v) is 16.1. The lowest BCUT2D eigenvalue weighted by Crippen LogP contribution is -2.58. The van der Waals surface area contributed by atoms with E-state index in [9.17, 15) is 24.9 Å². The van der Waals surface area contributed by atoms with Crippen LogP contribution < -0.4 is 11.1 Å². The number of amides is 1. The number of hydrogen-bond donors (Lipinski definition) is 5. The Hall–Kier alpha value is -3.64.